The molecular weight excluding hydrogens is 336 g/mol. The maximum absolute atomic E-state index is 12.4. The Bertz CT molecular complexity index is 1130. The van der Waals surface area contributed by atoms with Crippen LogP contribution in [0.3, 0.4) is 0 Å². The van der Waals surface area contributed by atoms with E-state index in [1.807, 2.05) is 28.8 Å². The second kappa shape index (κ2) is 6.74. The number of fused-ring (bicyclic) bond motifs is 2. The van der Waals surface area contributed by atoms with Gasteiger partial charge in [0.15, 0.2) is 0 Å². The van der Waals surface area contributed by atoms with Gasteiger partial charge in [0, 0.05) is 42.8 Å². The summed E-state index contributed by atoms with van der Waals surface area (Å²) in [5.41, 5.74) is 4.59. The summed E-state index contributed by atoms with van der Waals surface area (Å²) in [5, 5.41) is 1.33. The molecule has 0 radical (unpaired) electrons. The highest BCUT2D eigenvalue weighted by Crippen LogP contribution is 2.25. The number of hydrogen-bond donors (Lipinski definition) is 2. The topological polar surface area (TPSA) is 56.8 Å². The van der Waals surface area contributed by atoms with Gasteiger partial charge in [0.2, 0.25) is 0 Å². The first kappa shape index (κ1) is 16.4. The van der Waals surface area contributed by atoms with Crippen LogP contribution in [0.5, 0.6) is 0 Å². The Kier molecular flexibility index (Phi) is 4.09. The molecule has 1 fully saturated rings. The molecule has 0 atom stereocenters. The minimum absolute atomic E-state index is 0.0217. The predicted octanol–water partition coefficient (Wildman–Crippen LogP) is 3.69. The molecule has 5 rings (SSSR count). The predicted molar refractivity (Wildman–Crippen MR) is 109 cm³/mol. The van der Waals surface area contributed by atoms with E-state index < -0.39 is 0 Å². The van der Waals surface area contributed by atoms with Crippen molar-refractivity contribution in [3.05, 3.63) is 70.8 Å². The van der Waals surface area contributed by atoms with Gasteiger partial charge in [0.25, 0.3) is 0 Å². The summed E-state index contributed by atoms with van der Waals surface area (Å²) in [7, 11) is 0. The number of nitrogens with one attached hydrogen (secondary N) is 2. The summed E-state index contributed by atoms with van der Waals surface area (Å²) in [4.78, 5) is 21.3. The Labute approximate surface area is 157 Å². The Hall–Kier alpha value is -2.79. The number of para-hydroxylation sites is 3. The van der Waals surface area contributed by atoms with Crippen molar-refractivity contribution in [2.45, 2.75) is 25.3 Å². The van der Waals surface area contributed by atoms with Crippen LogP contribution < -0.4 is 5.69 Å². The molecule has 138 valence electrons. The van der Waals surface area contributed by atoms with Gasteiger partial charge in [-0.15, -0.1) is 0 Å². The molecule has 0 saturated carbocycles. The highest BCUT2D eigenvalue weighted by Gasteiger charge is 2.23. The summed E-state index contributed by atoms with van der Waals surface area (Å²) in [6, 6.07) is 16.8. The Balaban J connectivity index is 1.25. The molecule has 0 unspecified atom stereocenters. The van der Waals surface area contributed by atoms with Gasteiger partial charge in [-0.1, -0.05) is 30.3 Å². The monoisotopic (exact) mass is 360 g/mol. The number of rotatable bonds is 4. The van der Waals surface area contributed by atoms with Crippen molar-refractivity contribution >= 4 is 21.9 Å². The number of H-pyrrole nitrogens is 2. The lowest BCUT2D eigenvalue weighted by molar-refractivity contribution is 0.189. The average molecular weight is 360 g/mol. The number of hydrogen-bond acceptors (Lipinski definition) is 2. The van der Waals surface area contributed by atoms with Crippen molar-refractivity contribution in [1.29, 1.82) is 0 Å². The quantitative estimate of drug-likeness (QED) is 0.583. The maximum Gasteiger partial charge on any atom is 0.326 e. The van der Waals surface area contributed by atoms with Crippen molar-refractivity contribution in [1.82, 2.24) is 19.4 Å². The maximum atomic E-state index is 12.4. The first-order valence-corrected chi connectivity index (χ1v) is 9.76. The summed E-state index contributed by atoms with van der Waals surface area (Å²) in [5.74, 6) is 0. The van der Waals surface area contributed by atoms with Gasteiger partial charge in [-0.05, 0) is 43.0 Å². The zero-order valence-corrected chi connectivity index (χ0v) is 15.3. The third-order valence-corrected chi connectivity index (χ3v) is 5.92. The number of nitrogens with zero attached hydrogens (tertiary/aromatic N) is 2. The lowest BCUT2D eigenvalue weighted by Gasteiger charge is -2.32. The first-order valence-electron chi connectivity index (χ1n) is 9.76. The molecule has 4 aromatic rings. The molecular formula is C22H24N4O. The molecule has 0 bridgehead atoms. The van der Waals surface area contributed by atoms with Crippen molar-refractivity contribution in [3.8, 4) is 0 Å². The third kappa shape index (κ3) is 2.98. The van der Waals surface area contributed by atoms with Crippen LogP contribution in [0.15, 0.2) is 59.5 Å². The fourth-order valence-corrected chi connectivity index (χ4v) is 4.45. The molecule has 0 spiro atoms. The summed E-state index contributed by atoms with van der Waals surface area (Å²) < 4.78 is 1.96. The van der Waals surface area contributed by atoms with E-state index in [4.69, 9.17) is 0 Å². The normalized spacial score (nSPS) is 16.4. The summed E-state index contributed by atoms with van der Waals surface area (Å²) in [6.45, 7) is 3.15. The zero-order valence-electron chi connectivity index (χ0n) is 15.3. The van der Waals surface area contributed by atoms with E-state index in [1.165, 1.54) is 16.5 Å². The van der Waals surface area contributed by atoms with E-state index in [0.29, 0.717) is 0 Å². The van der Waals surface area contributed by atoms with Crippen LogP contribution in [0.25, 0.3) is 21.9 Å². The van der Waals surface area contributed by atoms with E-state index in [-0.39, 0.29) is 11.7 Å². The molecule has 1 aliphatic rings. The number of benzene rings is 2. The molecule has 5 nitrogen and oxygen atoms in total. The fraction of sp³-hybridized carbons (Fsp3) is 0.318. The second-order valence-electron chi connectivity index (χ2n) is 7.50. The molecule has 2 N–H and O–H groups in total. The number of aromatic amines is 2. The number of imidazole rings is 1. The minimum atomic E-state index is 0.0217. The Morgan fingerprint density at radius 2 is 1.70 bits per heavy atom. The van der Waals surface area contributed by atoms with E-state index in [2.05, 4.69) is 45.3 Å². The van der Waals surface area contributed by atoms with Crippen LogP contribution in [-0.4, -0.2) is 39.1 Å². The molecule has 0 aliphatic carbocycles. The summed E-state index contributed by atoms with van der Waals surface area (Å²) in [6.07, 6.45) is 5.25. The van der Waals surface area contributed by atoms with Crippen LogP contribution in [-0.2, 0) is 6.42 Å². The highest BCUT2D eigenvalue weighted by molar-refractivity contribution is 5.83. The molecule has 27 heavy (non-hydrogen) atoms. The molecule has 3 heterocycles. The fourth-order valence-electron chi connectivity index (χ4n) is 4.45. The largest absolute Gasteiger partial charge is 0.361 e. The van der Waals surface area contributed by atoms with Crippen LogP contribution in [0.1, 0.15) is 24.4 Å². The van der Waals surface area contributed by atoms with Crippen LogP contribution in [0, 0.1) is 0 Å². The van der Waals surface area contributed by atoms with Crippen LogP contribution >= 0.6 is 0 Å². The standard InChI is InChI=1S/C22H24N4O/c27-22-24-20-7-3-4-8-21(20)26(22)17-10-13-25(14-11-17)12-9-16-15-23-19-6-2-1-5-18(16)19/h1-8,15,17,23H,9-14H2,(H,24,27). The van der Waals surface area contributed by atoms with E-state index >= 15 is 0 Å². The highest BCUT2D eigenvalue weighted by atomic mass is 16.1. The average Bonchev–Trinajstić information content (AvgIpc) is 3.27. The first-order chi connectivity index (χ1) is 13.3. The minimum Gasteiger partial charge on any atom is -0.361 e. The van der Waals surface area contributed by atoms with Crippen molar-refractivity contribution in [2.75, 3.05) is 19.6 Å². The lowest BCUT2D eigenvalue weighted by atomic mass is 10.0. The van der Waals surface area contributed by atoms with E-state index in [1.54, 1.807) is 0 Å². The van der Waals surface area contributed by atoms with Crippen molar-refractivity contribution < 1.29 is 0 Å². The van der Waals surface area contributed by atoms with Gasteiger partial charge in [0.05, 0.1) is 11.0 Å². The lowest BCUT2D eigenvalue weighted by Crippen LogP contribution is -2.37. The van der Waals surface area contributed by atoms with Gasteiger partial charge >= 0.3 is 5.69 Å². The van der Waals surface area contributed by atoms with Gasteiger partial charge in [-0.3, -0.25) is 4.57 Å². The number of piperidine rings is 1. The molecule has 2 aromatic carbocycles. The Morgan fingerprint density at radius 3 is 2.56 bits per heavy atom. The molecule has 1 saturated heterocycles. The van der Waals surface area contributed by atoms with Gasteiger partial charge in [-0.25, -0.2) is 4.79 Å². The van der Waals surface area contributed by atoms with Crippen LogP contribution in [0.4, 0.5) is 0 Å². The van der Waals surface area contributed by atoms with E-state index in [0.717, 1.165) is 49.9 Å². The van der Waals surface area contributed by atoms with E-state index in [9.17, 15) is 4.79 Å². The second-order valence-corrected chi connectivity index (χ2v) is 7.50. The SMILES string of the molecule is O=c1[nH]c2ccccc2n1C1CCN(CCc2c[nH]c3ccccc23)CC1. The molecule has 0 amide bonds. The Morgan fingerprint density at radius 1 is 0.963 bits per heavy atom. The molecule has 5 heteroatoms. The third-order valence-electron chi connectivity index (χ3n) is 5.92. The number of likely N-dealkylation sites (tertiary alicyclic amines) is 1. The number of aromatic nitrogens is 3. The zero-order chi connectivity index (χ0) is 18.2. The molecule has 1 aliphatic heterocycles. The van der Waals surface area contributed by atoms with Gasteiger partial charge in [-0.2, -0.15) is 0 Å². The molecule has 2 aromatic heterocycles. The smallest absolute Gasteiger partial charge is 0.326 e. The van der Waals surface area contributed by atoms with Gasteiger partial charge in [0.1, 0.15) is 0 Å². The summed E-state index contributed by atoms with van der Waals surface area (Å²) >= 11 is 0. The van der Waals surface area contributed by atoms with Gasteiger partial charge < -0.3 is 14.9 Å². The van der Waals surface area contributed by atoms with Crippen molar-refractivity contribution in [2.24, 2.45) is 0 Å². The van der Waals surface area contributed by atoms with Crippen LogP contribution in [0.2, 0.25) is 0 Å². The van der Waals surface area contributed by atoms with Crippen molar-refractivity contribution in [3.63, 3.8) is 0 Å².